The fraction of sp³-hybridized carbons (Fsp3) is 0.250. The molecule has 0 aromatic heterocycles. The number of alkyl halides is 1. The standard InChI is InChI=1S/C16H17FS/c1-12-7-8-13(2)16(9-12)18-11-15-6-4-3-5-14(15)10-17/h3-9H,10-11H2,1-2H3. The molecule has 0 aliphatic heterocycles. The van der Waals surface area contributed by atoms with Crippen LogP contribution in [-0.4, -0.2) is 0 Å². The molecular weight excluding hydrogens is 243 g/mol. The van der Waals surface area contributed by atoms with E-state index in [9.17, 15) is 4.39 Å². The topological polar surface area (TPSA) is 0 Å². The molecule has 0 saturated carbocycles. The highest BCUT2D eigenvalue weighted by molar-refractivity contribution is 7.98. The smallest absolute Gasteiger partial charge is 0.115 e. The maximum absolute atomic E-state index is 12.8. The van der Waals surface area contributed by atoms with E-state index >= 15 is 0 Å². The van der Waals surface area contributed by atoms with Crippen molar-refractivity contribution < 1.29 is 4.39 Å². The summed E-state index contributed by atoms with van der Waals surface area (Å²) in [5, 5.41) is 0. The van der Waals surface area contributed by atoms with Crippen LogP contribution in [0.4, 0.5) is 4.39 Å². The van der Waals surface area contributed by atoms with Crippen LogP contribution in [0.2, 0.25) is 0 Å². The van der Waals surface area contributed by atoms with Gasteiger partial charge in [-0.2, -0.15) is 0 Å². The Balaban J connectivity index is 2.14. The molecule has 0 aliphatic carbocycles. The predicted molar refractivity (Wildman–Crippen MR) is 76.7 cm³/mol. The first-order chi connectivity index (χ1) is 8.70. The normalized spacial score (nSPS) is 10.6. The number of benzene rings is 2. The summed E-state index contributed by atoms with van der Waals surface area (Å²) in [6.07, 6.45) is 0. The van der Waals surface area contributed by atoms with Crippen LogP contribution in [0.15, 0.2) is 47.4 Å². The van der Waals surface area contributed by atoms with Crippen LogP contribution in [0.5, 0.6) is 0 Å². The van der Waals surface area contributed by atoms with Gasteiger partial charge in [0.1, 0.15) is 6.67 Å². The first kappa shape index (κ1) is 13.2. The number of hydrogen-bond donors (Lipinski definition) is 0. The molecule has 0 saturated heterocycles. The Kier molecular flexibility index (Phi) is 4.43. The molecule has 0 amide bonds. The molecular formula is C16H17FS. The van der Waals surface area contributed by atoms with E-state index in [0.29, 0.717) is 0 Å². The van der Waals surface area contributed by atoms with Gasteiger partial charge in [0.2, 0.25) is 0 Å². The summed E-state index contributed by atoms with van der Waals surface area (Å²) < 4.78 is 12.8. The maximum Gasteiger partial charge on any atom is 0.115 e. The van der Waals surface area contributed by atoms with Crippen LogP contribution >= 0.6 is 11.8 Å². The van der Waals surface area contributed by atoms with Crippen molar-refractivity contribution in [1.29, 1.82) is 0 Å². The van der Waals surface area contributed by atoms with Crippen LogP contribution in [0, 0.1) is 13.8 Å². The zero-order chi connectivity index (χ0) is 13.0. The van der Waals surface area contributed by atoms with Crippen molar-refractivity contribution in [3.8, 4) is 0 Å². The van der Waals surface area contributed by atoms with Crippen molar-refractivity contribution in [3.05, 3.63) is 64.7 Å². The minimum Gasteiger partial charge on any atom is -0.246 e. The van der Waals surface area contributed by atoms with Crippen LogP contribution in [0.3, 0.4) is 0 Å². The minimum absolute atomic E-state index is 0.385. The summed E-state index contributed by atoms with van der Waals surface area (Å²) in [4.78, 5) is 1.28. The van der Waals surface area contributed by atoms with E-state index in [-0.39, 0.29) is 6.67 Å². The molecule has 0 bridgehead atoms. The number of thioether (sulfide) groups is 1. The summed E-state index contributed by atoms with van der Waals surface area (Å²) in [5.74, 6) is 0.824. The van der Waals surface area contributed by atoms with E-state index < -0.39 is 0 Å². The van der Waals surface area contributed by atoms with Crippen molar-refractivity contribution in [1.82, 2.24) is 0 Å². The van der Waals surface area contributed by atoms with E-state index in [1.54, 1.807) is 11.8 Å². The van der Waals surface area contributed by atoms with Crippen LogP contribution < -0.4 is 0 Å². The minimum atomic E-state index is -0.385. The fourth-order valence-electron chi connectivity index (χ4n) is 1.85. The Labute approximate surface area is 112 Å². The highest BCUT2D eigenvalue weighted by Gasteiger charge is 2.04. The van der Waals surface area contributed by atoms with Gasteiger partial charge in [-0.1, -0.05) is 42.0 Å². The van der Waals surface area contributed by atoms with Gasteiger partial charge in [0, 0.05) is 10.6 Å². The molecule has 0 spiro atoms. The van der Waals surface area contributed by atoms with Gasteiger partial charge in [0.15, 0.2) is 0 Å². The third-order valence-electron chi connectivity index (χ3n) is 2.99. The van der Waals surface area contributed by atoms with Gasteiger partial charge >= 0.3 is 0 Å². The molecule has 0 unspecified atom stereocenters. The molecule has 0 aliphatic rings. The average molecular weight is 260 g/mol. The highest BCUT2D eigenvalue weighted by Crippen LogP contribution is 2.28. The second-order valence-electron chi connectivity index (χ2n) is 4.46. The van der Waals surface area contributed by atoms with Gasteiger partial charge in [-0.05, 0) is 36.6 Å². The quantitative estimate of drug-likeness (QED) is 0.692. The van der Waals surface area contributed by atoms with E-state index in [0.717, 1.165) is 16.9 Å². The van der Waals surface area contributed by atoms with E-state index in [1.807, 2.05) is 24.3 Å². The van der Waals surface area contributed by atoms with Gasteiger partial charge in [0.05, 0.1) is 0 Å². The Morgan fingerprint density at radius 2 is 1.72 bits per heavy atom. The van der Waals surface area contributed by atoms with Gasteiger partial charge in [0.25, 0.3) is 0 Å². The molecule has 2 rings (SSSR count). The van der Waals surface area contributed by atoms with Crippen LogP contribution in [-0.2, 0) is 12.4 Å². The molecule has 2 aromatic rings. The molecule has 0 radical (unpaired) electrons. The highest BCUT2D eigenvalue weighted by atomic mass is 32.2. The van der Waals surface area contributed by atoms with Crippen molar-refractivity contribution in [2.75, 3.05) is 0 Å². The summed E-state index contributed by atoms with van der Waals surface area (Å²) in [7, 11) is 0. The zero-order valence-corrected chi connectivity index (χ0v) is 11.6. The Bertz CT molecular complexity index is 534. The van der Waals surface area contributed by atoms with Crippen LogP contribution in [0.1, 0.15) is 22.3 Å². The number of aryl methyl sites for hydroxylation is 2. The summed E-state index contributed by atoms with van der Waals surface area (Å²) in [6, 6.07) is 14.2. The fourth-order valence-corrected chi connectivity index (χ4v) is 3.00. The molecule has 18 heavy (non-hydrogen) atoms. The molecule has 2 aromatic carbocycles. The van der Waals surface area contributed by atoms with Crippen molar-refractivity contribution in [3.63, 3.8) is 0 Å². The average Bonchev–Trinajstić information content (AvgIpc) is 2.40. The number of halogens is 1. The lowest BCUT2D eigenvalue weighted by Gasteiger charge is -2.09. The lowest BCUT2D eigenvalue weighted by molar-refractivity contribution is 0.483. The molecule has 0 fully saturated rings. The van der Waals surface area contributed by atoms with E-state index in [4.69, 9.17) is 0 Å². The Hall–Kier alpha value is -1.28. The van der Waals surface area contributed by atoms with E-state index in [2.05, 4.69) is 32.0 Å². The largest absolute Gasteiger partial charge is 0.246 e. The lowest BCUT2D eigenvalue weighted by atomic mass is 10.1. The molecule has 0 heterocycles. The Morgan fingerprint density at radius 1 is 1.00 bits per heavy atom. The predicted octanol–water partition coefficient (Wildman–Crippen LogP) is 5.07. The second kappa shape index (κ2) is 6.05. The summed E-state index contributed by atoms with van der Waals surface area (Å²) >= 11 is 1.78. The van der Waals surface area contributed by atoms with Crippen molar-refractivity contribution >= 4 is 11.8 Å². The monoisotopic (exact) mass is 260 g/mol. The third-order valence-corrected chi connectivity index (χ3v) is 4.20. The molecule has 0 nitrogen and oxygen atoms in total. The summed E-state index contributed by atoms with van der Waals surface area (Å²) in [5.41, 5.74) is 4.44. The molecule has 94 valence electrons. The van der Waals surface area contributed by atoms with Gasteiger partial charge in [-0.15, -0.1) is 11.8 Å². The lowest BCUT2D eigenvalue weighted by Crippen LogP contribution is -1.90. The molecule has 0 atom stereocenters. The number of hydrogen-bond acceptors (Lipinski definition) is 1. The zero-order valence-electron chi connectivity index (χ0n) is 10.7. The van der Waals surface area contributed by atoms with Crippen molar-refractivity contribution in [2.45, 2.75) is 31.2 Å². The first-order valence-corrected chi connectivity index (χ1v) is 7.02. The van der Waals surface area contributed by atoms with Crippen LogP contribution in [0.25, 0.3) is 0 Å². The van der Waals surface area contributed by atoms with E-state index in [1.165, 1.54) is 16.0 Å². The first-order valence-electron chi connectivity index (χ1n) is 6.03. The molecule has 2 heteroatoms. The Morgan fingerprint density at radius 3 is 2.44 bits per heavy atom. The van der Waals surface area contributed by atoms with Gasteiger partial charge in [-0.25, -0.2) is 4.39 Å². The SMILES string of the molecule is Cc1ccc(C)c(SCc2ccccc2CF)c1. The van der Waals surface area contributed by atoms with Gasteiger partial charge < -0.3 is 0 Å². The van der Waals surface area contributed by atoms with Gasteiger partial charge in [-0.3, -0.25) is 0 Å². The van der Waals surface area contributed by atoms with Crippen molar-refractivity contribution in [2.24, 2.45) is 0 Å². The third kappa shape index (κ3) is 3.14. The number of rotatable bonds is 4. The molecule has 0 N–H and O–H groups in total. The summed E-state index contributed by atoms with van der Waals surface area (Å²) in [6.45, 7) is 3.82. The second-order valence-corrected chi connectivity index (χ2v) is 5.48. The maximum atomic E-state index is 12.8.